The third-order valence-electron chi connectivity index (χ3n) is 3.03. The largest absolute Gasteiger partial charge is 0.497 e. The van der Waals surface area contributed by atoms with Crippen molar-refractivity contribution < 1.29 is 22.8 Å². The van der Waals surface area contributed by atoms with Gasteiger partial charge in [0, 0.05) is 17.8 Å². The van der Waals surface area contributed by atoms with Crippen LogP contribution in [0.5, 0.6) is 11.5 Å². The van der Waals surface area contributed by atoms with E-state index >= 15 is 0 Å². The fourth-order valence-electron chi connectivity index (χ4n) is 1.82. The van der Waals surface area contributed by atoms with Crippen molar-refractivity contribution in [2.24, 2.45) is 0 Å². The number of rotatable bonds is 8. The highest BCUT2D eigenvalue weighted by atomic mass is 32.2. The van der Waals surface area contributed by atoms with Gasteiger partial charge in [-0.15, -0.1) is 0 Å². The smallest absolute Gasteiger partial charge is 0.269 e. The van der Waals surface area contributed by atoms with Crippen LogP contribution in [0.25, 0.3) is 0 Å². The van der Waals surface area contributed by atoms with Crippen molar-refractivity contribution in [1.29, 1.82) is 0 Å². The van der Waals surface area contributed by atoms with E-state index in [9.17, 15) is 18.5 Å². The monoisotopic (exact) mass is 352 g/mol. The first kappa shape index (κ1) is 17.5. The topological polar surface area (TPSA) is 108 Å². The van der Waals surface area contributed by atoms with E-state index in [1.54, 1.807) is 31.4 Å². The molecule has 0 aliphatic carbocycles. The lowest BCUT2D eigenvalue weighted by molar-refractivity contribution is -0.384. The van der Waals surface area contributed by atoms with Crippen molar-refractivity contribution in [2.75, 3.05) is 24.2 Å². The van der Waals surface area contributed by atoms with Crippen LogP contribution < -0.4 is 14.2 Å². The van der Waals surface area contributed by atoms with E-state index in [0.717, 1.165) is 0 Å². The number of sulfonamides is 1. The van der Waals surface area contributed by atoms with Gasteiger partial charge in [-0.3, -0.25) is 14.8 Å². The predicted molar refractivity (Wildman–Crippen MR) is 89.0 cm³/mol. The summed E-state index contributed by atoms with van der Waals surface area (Å²) in [6, 6.07) is 11.9. The van der Waals surface area contributed by atoms with Gasteiger partial charge in [0.15, 0.2) is 0 Å². The van der Waals surface area contributed by atoms with Crippen LogP contribution in [0.4, 0.5) is 11.4 Å². The third-order valence-corrected chi connectivity index (χ3v) is 4.28. The van der Waals surface area contributed by atoms with Crippen molar-refractivity contribution >= 4 is 21.4 Å². The maximum absolute atomic E-state index is 12.0. The number of nitrogens with one attached hydrogen (secondary N) is 1. The standard InChI is InChI=1S/C15H16N2O6S/c1-22-14-6-8-15(9-7-14)23-10-11-24(20,21)16-12-2-4-13(5-3-12)17(18)19/h2-9,16H,10-11H2,1H3. The molecule has 2 aromatic rings. The predicted octanol–water partition coefficient (Wildman–Crippen LogP) is 2.42. The quantitative estimate of drug-likeness (QED) is 0.577. The zero-order valence-electron chi connectivity index (χ0n) is 12.8. The molecule has 8 nitrogen and oxygen atoms in total. The van der Waals surface area contributed by atoms with Gasteiger partial charge in [0.25, 0.3) is 5.69 Å². The van der Waals surface area contributed by atoms with Crippen LogP contribution in [-0.4, -0.2) is 32.8 Å². The summed E-state index contributed by atoms with van der Waals surface area (Å²) in [5, 5.41) is 10.6. The molecule has 0 bridgehead atoms. The molecule has 2 rings (SSSR count). The van der Waals surface area contributed by atoms with Gasteiger partial charge in [0.2, 0.25) is 10.0 Å². The molecule has 9 heteroatoms. The molecule has 0 saturated heterocycles. The summed E-state index contributed by atoms with van der Waals surface area (Å²) in [6.45, 7) is -0.0331. The van der Waals surface area contributed by atoms with Crippen LogP contribution in [0.2, 0.25) is 0 Å². The first-order valence-electron chi connectivity index (χ1n) is 6.91. The van der Waals surface area contributed by atoms with Gasteiger partial charge < -0.3 is 9.47 Å². The first-order chi connectivity index (χ1) is 11.4. The molecule has 0 aromatic heterocycles. The van der Waals surface area contributed by atoms with E-state index in [0.29, 0.717) is 11.5 Å². The maximum Gasteiger partial charge on any atom is 0.269 e. The number of benzene rings is 2. The highest BCUT2D eigenvalue weighted by Gasteiger charge is 2.12. The molecule has 0 fully saturated rings. The Morgan fingerprint density at radius 1 is 1.04 bits per heavy atom. The Balaban J connectivity index is 1.87. The molecular weight excluding hydrogens is 336 g/mol. The number of nitrogens with zero attached hydrogens (tertiary/aromatic N) is 1. The summed E-state index contributed by atoms with van der Waals surface area (Å²) >= 11 is 0. The van der Waals surface area contributed by atoms with Crippen molar-refractivity contribution in [3.05, 3.63) is 58.6 Å². The normalized spacial score (nSPS) is 10.9. The van der Waals surface area contributed by atoms with Gasteiger partial charge in [-0.2, -0.15) is 0 Å². The summed E-state index contributed by atoms with van der Waals surface area (Å²) in [5.74, 6) is 0.951. The van der Waals surface area contributed by atoms with E-state index in [-0.39, 0.29) is 23.7 Å². The van der Waals surface area contributed by atoms with Gasteiger partial charge in [-0.25, -0.2) is 8.42 Å². The SMILES string of the molecule is COc1ccc(OCCS(=O)(=O)Nc2ccc([N+](=O)[O-])cc2)cc1. The van der Waals surface area contributed by atoms with E-state index in [2.05, 4.69) is 4.72 Å². The second-order valence-electron chi connectivity index (χ2n) is 4.75. The molecule has 128 valence electrons. The Bertz CT molecular complexity index is 788. The average Bonchev–Trinajstić information content (AvgIpc) is 2.55. The van der Waals surface area contributed by atoms with Crippen LogP contribution in [-0.2, 0) is 10.0 Å². The molecule has 0 heterocycles. The van der Waals surface area contributed by atoms with Gasteiger partial charge >= 0.3 is 0 Å². The van der Waals surface area contributed by atoms with Gasteiger partial charge in [0.05, 0.1) is 12.0 Å². The molecule has 0 amide bonds. The van der Waals surface area contributed by atoms with Crippen LogP contribution in [0.15, 0.2) is 48.5 Å². The first-order valence-corrected chi connectivity index (χ1v) is 8.57. The summed E-state index contributed by atoms with van der Waals surface area (Å²) < 4.78 is 36.6. The Morgan fingerprint density at radius 3 is 2.17 bits per heavy atom. The highest BCUT2D eigenvalue weighted by molar-refractivity contribution is 7.92. The summed E-state index contributed by atoms with van der Waals surface area (Å²) in [6.07, 6.45) is 0. The van der Waals surface area contributed by atoms with Crippen LogP contribution in [0, 0.1) is 10.1 Å². The number of hydrogen-bond donors (Lipinski definition) is 1. The molecule has 0 radical (unpaired) electrons. The summed E-state index contributed by atoms with van der Waals surface area (Å²) in [4.78, 5) is 10.0. The molecule has 0 spiro atoms. The molecule has 0 atom stereocenters. The second kappa shape index (κ2) is 7.64. The fraction of sp³-hybridized carbons (Fsp3) is 0.200. The van der Waals surface area contributed by atoms with Crippen molar-refractivity contribution in [1.82, 2.24) is 0 Å². The number of nitro benzene ring substituents is 1. The van der Waals surface area contributed by atoms with E-state index < -0.39 is 14.9 Å². The lowest BCUT2D eigenvalue weighted by Gasteiger charge is -2.09. The Kier molecular flexibility index (Phi) is 5.59. The van der Waals surface area contributed by atoms with Gasteiger partial charge in [-0.1, -0.05) is 0 Å². The van der Waals surface area contributed by atoms with Gasteiger partial charge in [-0.05, 0) is 36.4 Å². The van der Waals surface area contributed by atoms with Crippen molar-refractivity contribution in [3.8, 4) is 11.5 Å². The minimum atomic E-state index is -3.62. The molecule has 1 N–H and O–H groups in total. The minimum Gasteiger partial charge on any atom is -0.497 e. The molecule has 0 saturated carbocycles. The number of anilines is 1. The zero-order chi connectivity index (χ0) is 17.6. The minimum absolute atomic E-state index is 0.0331. The third kappa shape index (κ3) is 5.13. The maximum atomic E-state index is 12.0. The Hall–Kier alpha value is -2.81. The summed E-state index contributed by atoms with van der Waals surface area (Å²) in [5.41, 5.74) is 0.144. The number of non-ortho nitro benzene ring substituents is 1. The van der Waals surface area contributed by atoms with Gasteiger partial charge in [0.1, 0.15) is 23.9 Å². The fourth-order valence-corrected chi connectivity index (χ4v) is 2.72. The van der Waals surface area contributed by atoms with Crippen molar-refractivity contribution in [3.63, 3.8) is 0 Å². The number of nitro groups is 1. The number of ether oxygens (including phenoxy) is 2. The number of methoxy groups -OCH3 is 1. The zero-order valence-corrected chi connectivity index (χ0v) is 13.7. The molecule has 24 heavy (non-hydrogen) atoms. The average molecular weight is 352 g/mol. The molecule has 0 aliphatic heterocycles. The molecule has 0 unspecified atom stereocenters. The molecule has 2 aromatic carbocycles. The summed E-state index contributed by atoms with van der Waals surface area (Å²) in [7, 11) is -2.07. The van der Waals surface area contributed by atoms with E-state index in [4.69, 9.17) is 9.47 Å². The lowest BCUT2D eigenvalue weighted by Crippen LogP contribution is -2.21. The Labute approximate surface area is 139 Å². The molecule has 0 aliphatic rings. The number of hydrogen-bond acceptors (Lipinski definition) is 6. The highest BCUT2D eigenvalue weighted by Crippen LogP contribution is 2.18. The molecular formula is C15H16N2O6S. The van der Waals surface area contributed by atoms with Crippen LogP contribution in [0.3, 0.4) is 0 Å². The Morgan fingerprint density at radius 2 is 1.62 bits per heavy atom. The van der Waals surface area contributed by atoms with E-state index in [1.807, 2.05) is 0 Å². The van der Waals surface area contributed by atoms with Crippen LogP contribution in [0.1, 0.15) is 0 Å². The van der Waals surface area contributed by atoms with Crippen molar-refractivity contribution in [2.45, 2.75) is 0 Å². The van der Waals surface area contributed by atoms with Crippen LogP contribution >= 0.6 is 0 Å². The second-order valence-corrected chi connectivity index (χ2v) is 6.59. The lowest BCUT2D eigenvalue weighted by atomic mass is 10.3. The van der Waals surface area contributed by atoms with E-state index in [1.165, 1.54) is 24.3 Å².